The molecule has 0 spiro atoms. The quantitative estimate of drug-likeness (QED) is 0.580. The molecule has 5 heteroatoms. The summed E-state index contributed by atoms with van der Waals surface area (Å²) in [5, 5.41) is 3.21. The van der Waals surface area contributed by atoms with E-state index in [-0.39, 0.29) is 0 Å². The number of anilines is 2. The van der Waals surface area contributed by atoms with Crippen LogP contribution in [0.15, 0.2) is 77.5 Å². The van der Waals surface area contributed by atoms with Gasteiger partial charge in [0.25, 0.3) is 0 Å². The summed E-state index contributed by atoms with van der Waals surface area (Å²) in [6.07, 6.45) is 3.46. The van der Waals surface area contributed by atoms with Crippen LogP contribution in [0.25, 0.3) is 22.9 Å². The zero-order chi connectivity index (χ0) is 17.1. The molecule has 1 aromatic carbocycles. The Morgan fingerprint density at radius 1 is 0.880 bits per heavy atom. The van der Waals surface area contributed by atoms with Crippen molar-refractivity contribution in [3.05, 3.63) is 78.6 Å². The molecule has 0 amide bonds. The molecule has 1 N–H and O–H groups in total. The molecule has 3 aromatic heterocycles. The molecule has 0 radical (unpaired) electrons. The number of hydrogen-bond donors (Lipinski definition) is 1. The van der Waals surface area contributed by atoms with Crippen LogP contribution in [0, 0.1) is 6.92 Å². The van der Waals surface area contributed by atoms with Crippen LogP contribution in [0.2, 0.25) is 0 Å². The number of pyridine rings is 2. The van der Waals surface area contributed by atoms with E-state index >= 15 is 0 Å². The van der Waals surface area contributed by atoms with Gasteiger partial charge in [0.2, 0.25) is 5.89 Å². The molecule has 0 aliphatic rings. The molecule has 0 atom stereocenters. The Labute approximate surface area is 145 Å². The van der Waals surface area contributed by atoms with E-state index in [4.69, 9.17) is 4.42 Å². The Morgan fingerprint density at radius 3 is 2.60 bits per heavy atom. The van der Waals surface area contributed by atoms with Crippen molar-refractivity contribution in [3.63, 3.8) is 0 Å². The van der Waals surface area contributed by atoms with Gasteiger partial charge in [-0.3, -0.25) is 0 Å². The summed E-state index contributed by atoms with van der Waals surface area (Å²) >= 11 is 0. The van der Waals surface area contributed by atoms with Gasteiger partial charge in [-0.25, -0.2) is 15.0 Å². The number of aryl methyl sites for hydroxylation is 1. The highest BCUT2D eigenvalue weighted by molar-refractivity contribution is 5.61. The summed E-state index contributed by atoms with van der Waals surface area (Å²) in [6.45, 7) is 2.02. The maximum absolute atomic E-state index is 5.86. The minimum atomic E-state index is 0.580. The van der Waals surface area contributed by atoms with Crippen LogP contribution in [-0.2, 0) is 0 Å². The molecule has 5 nitrogen and oxygen atoms in total. The lowest BCUT2D eigenvalue weighted by Gasteiger charge is -2.06. The molecule has 0 fully saturated rings. The van der Waals surface area contributed by atoms with Gasteiger partial charge < -0.3 is 9.73 Å². The van der Waals surface area contributed by atoms with E-state index in [1.54, 1.807) is 12.4 Å². The van der Waals surface area contributed by atoms with Crippen LogP contribution in [0.4, 0.5) is 11.6 Å². The molecule has 122 valence electrons. The summed E-state index contributed by atoms with van der Waals surface area (Å²) in [5.41, 5.74) is 2.79. The molecule has 0 aliphatic carbocycles. The van der Waals surface area contributed by atoms with Crippen LogP contribution in [0.1, 0.15) is 5.56 Å². The second kappa shape index (κ2) is 6.57. The van der Waals surface area contributed by atoms with E-state index in [2.05, 4.69) is 20.3 Å². The first-order chi connectivity index (χ1) is 12.3. The fraction of sp³-hybridized carbons (Fsp3) is 0.0500. The van der Waals surface area contributed by atoms with Gasteiger partial charge in [-0.05, 0) is 48.9 Å². The van der Waals surface area contributed by atoms with Gasteiger partial charge in [0.1, 0.15) is 17.3 Å². The Hall–Kier alpha value is -3.47. The van der Waals surface area contributed by atoms with Crippen LogP contribution in [-0.4, -0.2) is 15.0 Å². The lowest BCUT2D eigenvalue weighted by Crippen LogP contribution is -1.96. The third kappa shape index (κ3) is 3.40. The molecule has 3 heterocycles. The highest BCUT2D eigenvalue weighted by Gasteiger charge is 2.10. The Bertz CT molecular complexity index is 995. The van der Waals surface area contributed by atoms with Gasteiger partial charge in [0.15, 0.2) is 5.76 Å². The zero-order valence-electron chi connectivity index (χ0n) is 13.7. The Morgan fingerprint density at radius 2 is 1.76 bits per heavy atom. The summed E-state index contributed by atoms with van der Waals surface area (Å²) in [7, 11) is 0. The molecule has 4 aromatic rings. The minimum Gasteiger partial charge on any atom is -0.434 e. The molecule has 4 rings (SSSR count). The van der Waals surface area contributed by atoms with Gasteiger partial charge in [-0.2, -0.15) is 0 Å². The van der Waals surface area contributed by atoms with E-state index < -0.39 is 0 Å². The molecule has 0 unspecified atom stereocenters. The molecule has 25 heavy (non-hydrogen) atoms. The van der Waals surface area contributed by atoms with Crippen molar-refractivity contribution in [2.45, 2.75) is 6.92 Å². The van der Waals surface area contributed by atoms with Crippen molar-refractivity contribution in [1.29, 1.82) is 0 Å². The number of benzene rings is 1. The van der Waals surface area contributed by atoms with Crippen LogP contribution in [0.3, 0.4) is 0 Å². The highest BCUT2D eigenvalue weighted by Crippen LogP contribution is 2.26. The average Bonchev–Trinajstić information content (AvgIpc) is 3.13. The number of aromatic nitrogens is 3. The maximum atomic E-state index is 5.86. The summed E-state index contributed by atoms with van der Waals surface area (Å²) < 4.78 is 5.86. The minimum absolute atomic E-state index is 0.580. The van der Waals surface area contributed by atoms with Gasteiger partial charge >= 0.3 is 0 Å². The highest BCUT2D eigenvalue weighted by atomic mass is 16.4. The molecular formula is C20H16N4O. The fourth-order valence-corrected chi connectivity index (χ4v) is 2.48. The van der Waals surface area contributed by atoms with Crippen molar-refractivity contribution in [2.75, 3.05) is 5.32 Å². The molecule has 0 saturated heterocycles. The second-order valence-electron chi connectivity index (χ2n) is 5.65. The largest absolute Gasteiger partial charge is 0.434 e. The van der Waals surface area contributed by atoms with Crippen LogP contribution in [0.5, 0.6) is 0 Å². The average molecular weight is 328 g/mol. The van der Waals surface area contributed by atoms with E-state index in [0.29, 0.717) is 23.2 Å². The Balaban J connectivity index is 1.60. The first-order valence-corrected chi connectivity index (χ1v) is 7.96. The van der Waals surface area contributed by atoms with Crippen LogP contribution >= 0.6 is 0 Å². The fourth-order valence-electron chi connectivity index (χ4n) is 2.48. The van der Waals surface area contributed by atoms with Crippen molar-refractivity contribution < 1.29 is 4.42 Å². The standard InChI is InChI=1S/C20H16N4O/c1-14-10-11-21-19(12-14)24-18-9-5-8-16(23-18)17-13-22-20(25-17)15-6-3-2-4-7-15/h2-13H,1H3,(H,21,23,24). The summed E-state index contributed by atoms with van der Waals surface area (Å²) in [5.74, 6) is 2.66. The number of nitrogens with zero attached hydrogens (tertiary/aromatic N) is 3. The normalized spacial score (nSPS) is 10.6. The van der Waals surface area contributed by atoms with Gasteiger partial charge in [0.05, 0.1) is 6.20 Å². The lowest BCUT2D eigenvalue weighted by molar-refractivity contribution is 0.586. The first-order valence-electron chi connectivity index (χ1n) is 7.96. The van der Waals surface area contributed by atoms with Gasteiger partial charge in [-0.1, -0.05) is 24.3 Å². The van der Waals surface area contributed by atoms with Crippen LogP contribution < -0.4 is 5.32 Å². The molecule has 0 saturated carbocycles. The third-order valence-corrected chi connectivity index (χ3v) is 3.70. The van der Waals surface area contributed by atoms with Crippen molar-refractivity contribution in [1.82, 2.24) is 15.0 Å². The Kier molecular flexibility index (Phi) is 3.96. The van der Waals surface area contributed by atoms with E-state index in [9.17, 15) is 0 Å². The number of rotatable bonds is 4. The predicted molar refractivity (Wildman–Crippen MR) is 97.4 cm³/mol. The topological polar surface area (TPSA) is 63.8 Å². The summed E-state index contributed by atoms with van der Waals surface area (Å²) in [4.78, 5) is 13.2. The van der Waals surface area contributed by atoms with E-state index in [1.807, 2.05) is 67.6 Å². The van der Waals surface area contributed by atoms with Crippen molar-refractivity contribution >= 4 is 11.6 Å². The number of nitrogens with one attached hydrogen (secondary N) is 1. The summed E-state index contributed by atoms with van der Waals surface area (Å²) in [6, 6.07) is 19.4. The first kappa shape index (κ1) is 15.1. The van der Waals surface area contributed by atoms with Crippen molar-refractivity contribution in [2.24, 2.45) is 0 Å². The smallest absolute Gasteiger partial charge is 0.226 e. The number of hydrogen-bond acceptors (Lipinski definition) is 5. The maximum Gasteiger partial charge on any atom is 0.226 e. The molecular weight excluding hydrogens is 312 g/mol. The SMILES string of the molecule is Cc1ccnc(Nc2cccc(-c3cnc(-c4ccccc4)o3)n2)c1. The molecule has 0 aliphatic heterocycles. The third-order valence-electron chi connectivity index (χ3n) is 3.70. The van der Waals surface area contributed by atoms with Gasteiger partial charge in [0, 0.05) is 11.8 Å². The lowest BCUT2D eigenvalue weighted by atomic mass is 10.2. The predicted octanol–water partition coefficient (Wildman–Crippen LogP) is 4.85. The molecule has 0 bridgehead atoms. The van der Waals surface area contributed by atoms with Crippen molar-refractivity contribution in [3.8, 4) is 22.9 Å². The second-order valence-corrected chi connectivity index (χ2v) is 5.65. The monoisotopic (exact) mass is 328 g/mol. The van der Waals surface area contributed by atoms with Gasteiger partial charge in [-0.15, -0.1) is 0 Å². The van der Waals surface area contributed by atoms with E-state index in [0.717, 1.165) is 16.9 Å². The van der Waals surface area contributed by atoms with E-state index in [1.165, 1.54) is 0 Å². The number of oxazole rings is 1. The zero-order valence-corrected chi connectivity index (χ0v) is 13.7.